The highest BCUT2D eigenvalue weighted by Gasteiger charge is 2.05. The van der Waals surface area contributed by atoms with E-state index in [2.05, 4.69) is 4.98 Å². The molecule has 1 heterocycles. The summed E-state index contributed by atoms with van der Waals surface area (Å²) in [6.45, 7) is -0.0355. The van der Waals surface area contributed by atoms with Crippen molar-refractivity contribution in [2.75, 3.05) is 0 Å². The molecule has 0 saturated carbocycles. The molecular weight excluding hydrogens is 244 g/mol. The van der Waals surface area contributed by atoms with Crippen LogP contribution < -0.4 is 0 Å². The number of imidazole rings is 1. The summed E-state index contributed by atoms with van der Waals surface area (Å²) in [6.07, 6.45) is 3.65. The lowest BCUT2D eigenvalue weighted by Gasteiger charge is -2.04. The van der Waals surface area contributed by atoms with Gasteiger partial charge in [0.2, 0.25) is 0 Å². The van der Waals surface area contributed by atoms with Gasteiger partial charge in [0.15, 0.2) is 5.16 Å². The summed E-state index contributed by atoms with van der Waals surface area (Å²) in [5.74, 6) is 0. The van der Waals surface area contributed by atoms with Crippen molar-refractivity contribution in [1.29, 1.82) is 0 Å². The summed E-state index contributed by atoms with van der Waals surface area (Å²) in [5.41, 5.74) is 0.742. The highest BCUT2D eigenvalue weighted by molar-refractivity contribution is 7.99. The highest BCUT2D eigenvalue weighted by atomic mass is 35.5. The number of aliphatic hydroxyl groups is 1. The van der Waals surface area contributed by atoms with Gasteiger partial charge in [0.05, 0.1) is 6.61 Å². The second-order valence-corrected chi connectivity index (χ2v) is 4.78. The molecule has 0 aliphatic heterocycles. The molecule has 2 rings (SSSR count). The summed E-state index contributed by atoms with van der Waals surface area (Å²) in [4.78, 5) is 5.23. The Morgan fingerprint density at radius 2 is 2.31 bits per heavy atom. The first-order chi connectivity index (χ1) is 7.70. The molecule has 1 N–H and O–H groups in total. The Labute approximate surface area is 103 Å². The minimum atomic E-state index is -0.0355. The molecule has 3 nitrogen and oxygen atoms in total. The molecule has 16 heavy (non-hydrogen) atoms. The lowest BCUT2D eigenvalue weighted by atomic mass is 10.2. The van der Waals surface area contributed by atoms with E-state index in [1.54, 1.807) is 18.0 Å². The van der Waals surface area contributed by atoms with Gasteiger partial charge in [0.1, 0.15) is 0 Å². The van der Waals surface area contributed by atoms with Crippen LogP contribution in [0.15, 0.2) is 40.6 Å². The second kappa shape index (κ2) is 4.91. The molecule has 0 fully saturated rings. The fourth-order valence-electron chi connectivity index (χ4n) is 1.28. The SMILES string of the molecule is Cn1ccnc1Sc1ccc(CO)c(Cl)c1. The normalized spacial score (nSPS) is 10.7. The second-order valence-electron chi connectivity index (χ2n) is 3.33. The third kappa shape index (κ3) is 2.40. The summed E-state index contributed by atoms with van der Waals surface area (Å²) in [6, 6.07) is 5.59. The minimum Gasteiger partial charge on any atom is -0.392 e. The van der Waals surface area contributed by atoms with Crippen molar-refractivity contribution < 1.29 is 5.11 Å². The van der Waals surface area contributed by atoms with E-state index in [0.717, 1.165) is 15.6 Å². The van der Waals surface area contributed by atoms with Crippen molar-refractivity contribution in [1.82, 2.24) is 9.55 Å². The molecule has 0 radical (unpaired) electrons. The molecule has 0 unspecified atom stereocenters. The first-order valence-electron chi connectivity index (χ1n) is 4.75. The smallest absolute Gasteiger partial charge is 0.172 e. The number of aliphatic hydroxyl groups excluding tert-OH is 1. The molecule has 0 aliphatic rings. The van der Waals surface area contributed by atoms with Crippen LogP contribution in [0.1, 0.15) is 5.56 Å². The maximum atomic E-state index is 9.00. The van der Waals surface area contributed by atoms with Gasteiger partial charge in [-0.1, -0.05) is 29.4 Å². The molecule has 5 heteroatoms. The molecule has 0 bridgehead atoms. The molecule has 1 aromatic heterocycles. The van der Waals surface area contributed by atoms with Gasteiger partial charge < -0.3 is 9.67 Å². The predicted molar refractivity (Wildman–Crippen MR) is 64.7 cm³/mol. The van der Waals surface area contributed by atoms with E-state index in [-0.39, 0.29) is 6.61 Å². The zero-order valence-corrected chi connectivity index (χ0v) is 10.3. The van der Waals surface area contributed by atoms with E-state index < -0.39 is 0 Å². The summed E-state index contributed by atoms with van der Waals surface area (Å²) < 4.78 is 1.94. The van der Waals surface area contributed by atoms with Gasteiger partial charge in [-0.15, -0.1) is 0 Å². The molecule has 2 aromatic rings. The van der Waals surface area contributed by atoms with Crippen molar-refractivity contribution in [2.45, 2.75) is 16.7 Å². The van der Waals surface area contributed by atoms with Crippen LogP contribution in [0.5, 0.6) is 0 Å². The Balaban J connectivity index is 2.23. The Bertz CT molecular complexity index is 498. The van der Waals surface area contributed by atoms with Crippen LogP contribution in [0.25, 0.3) is 0 Å². The van der Waals surface area contributed by atoms with Crippen LogP contribution in [-0.2, 0) is 13.7 Å². The maximum absolute atomic E-state index is 9.00. The van der Waals surface area contributed by atoms with Gasteiger partial charge in [-0.3, -0.25) is 0 Å². The summed E-state index contributed by atoms with van der Waals surface area (Å²) in [7, 11) is 1.94. The third-order valence-corrected chi connectivity index (χ3v) is 3.60. The van der Waals surface area contributed by atoms with E-state index in [0.29, 0.717) is 5.02 Å². The number of hydrogen-bond acceptors (Lipinski definition) is 3. The van der Waals surface area contributed by atoms with E-state index in [4.69, 9.17) is 16.7 Å². The van der Waals surface area contributed by atoms with Crippen molar-refractivity contribution in [3.63, 3.8) is 0 Å². The number of hydrogen-bond donors (Lipinski definition) is 1. The first kappa shape index (κ1) is 11.5. The summed E-state index contributed by atoms with van der Waals surface area (Å²) >= 11 is 7.55. The number of nitrogens with zero attached hydrogens (tertiary/aromatic N) is 2. The molecule has 0 spiro atoms. The Morgan fingerprint density at radius 1 is 1.50 bits per heavy atom. The molecule has 0 aliphatic carbocycles. The van der Waals surface area contributed by atoms with Crippen LogP contribution in [0.2, 0.25) is 5.02 Å². The van der Waals surface area contributed by atoms with Gasteiger partial charge in [0, 0.05) is 29.4 Å². The Hall–Kier alpha value is -0.970. The molecule has 84 valence electrons. The molecular formula is C11H11ClN2OS. The number of halogens is 1. The van der Waals surface area contributed by atoms with Crippen LogP contribution >= 0.6 is 23.4 Å². The zero-order chi connectivity index (χ0) is 11.5. The highest BCUT2D eigenvalue weighted by Crippen LogP contribution is 2.29. The first-order valence-corrected chi connectivity index (χ1v) is 5.94. The molecule has 1 aromatic carbocycles. The van der Waals surface area contributed by atoms with Gasteiger partial charge in [-0.05, 0) is 17.7 Å². The predicted octanol–water partition coefficient (Wildman–Crippen LogP) is 2.72. The van der Waals surface area contributed by atoms with E-state index in [1.807, 2.05) is 36.0 Å². The molecule has 0 saturated heterocycles. The van der Waals surface area contributed by atoms with Crippen molar-refractivity contribution in [3.8, 4) is 0 Å². The van der Waals surface area contributed by atoms with Gasteiger partial charge in [0.25, 0.3) is 0 Å². The van der Waals surface area contributed by atoms with Gasteiger partial charge in [-0.25, -0.2) is 4.98 Å². The van der Waals surface area contributed by atoms with Gasteiger partial charge in [-0.2, -0.15) is 0 Å². The fourth-order valence-corrected chi connectivity index (χ4v) is 2.42. The quantitative estimate of drug-likeness (QED) is 0.915. The Kier molecular flexibility index (Phi) is 3.53. The average Bonchev–Trinajstić information content (AvgIpc) is 2.65. The average molecular weight is 255 g/mol. The number of benzene rings is 1. The minimum absolute atomic E-state index is 0.0355. The lowest BCUT2D eigenvalue weighted by Crippen LogP contribution is -1.89. The number of aromatic nitrogens is 2. The van der Waals surface area contributed by atoms with Crippen molar-refractivity contribution >= 4 is 23.4 Å². The largest absolute Gasteiger partial charge is 0.392 e. The fraction of sp³-hybridized carbons (Fsp3) is 0.182. The Morgan fingerprint density at radius 3 is 2.88 bits per heavy atom. The topological polar surface area (TPSA) is 38.0 Å². The van der Waals surface area contributed by atoms with Gasteiger partial charge >= 0.3 is 0 Å². The molecule has 0 atom stereocenters. The van der Waals surface area contributed by atoms with Crippen LogP contribution in [-0.4, -0.2) is 14.7 Å². The standard InChI is InChI=1S/C11H11ClN2OS/c1-14-5-4-13-11(14)16-9-3-2-8(7-15)10(12)6-9/h2-6,15H,7H2,1H3. The van der Waals surface area contributed by atoms with Crippen LogP contribution in [0.4, 0.5) is 0 Å². The van der Waals surface area contributed by atoms with Crippen molar-refractivity contribution in [3.05, 3.63) is 41.2 Å². The zero-order valence-electron chi connectivity index (χ0n) is 8.72. The van der Waals surface area contributed by atoms with Crippen LogP contribution in [0.3, 0.4) is 0 Å². The van der Waals surface area contributed by atoms with E-state index in [9.17, 15) is 0 Å². The van der Waals surface area contributed by atoms with E-state index >= 15 is 0 Å². The van der Waals surface area contributed by atoms with Crippen molar-refractivity contribution in [2.24, 2.45) is 7.05 Å². The number of aryl methyl sites for hydroxylation is 1. The lowest BCUT2D eigenvalue weighted by molar-refractivity contribution is 0.282. The molecule has 0 amide bonds. The summed E-state index contributed by atoms with van der Waals surface area (Å²) in [5, 5.41) is 10.5. The number of rotatable bonds is 3. The van der Waals surface area contributed by atoms with E-state index in [1.165, 1.54) is 0 Å². The van der Waals surface area contributed by atoms with Crippen LogP contribution in [0, 0.1) is 0 Å². The third-order valence-electron chi connectivity index (χ3n) is 2.18. The maximum Gasteiger partial charge on any atom is 0.172 e. The monoisotopic (exact) mass is 254 g/mol.